The maximum absolute atomic E-state index is 15.9. The SMILES string of the molecule is CC(C)CC(NC(=O)OC(c1ccccc1)C(F)(F)c1cccc(Cl)c1)C(=O)NC(CC1CCNC1=O)C(=O)C(=O)NC1CC1. The van der Waals surface area contributed by atoms with E-state index in [2.05, 4.69) is 21.3 Å². The molecule has 2 aliphatic rings. The second-order valence-corrected chi connectivity index (χ2v) is 12.3. The van der Waals surface area contributed by atoms with Crippen LogP contribution in [0.1, 0.15) is 63.2 Å². The fraction of sp³-hybridized carbons (Fsp3) is 0.469. The average molecular weight is 647 g/mol. The highest BCUT2D eigenvalue weighted by Gasteiger charge is 2.46. The molecule has 2 aromatic carbocycles. The Kier molecular flexibility index (Phi) is 11.1. The summed E-state index contributed by atoms with van der Waals surface area (Å²) in [6.45, 7) is 3.96. The van der Waals surface area contributed by atoms with E-state index in [-0.39, 0.29) is 41.3 Å². The van der Waals surface area contributed by atoms with E-state index in [1.54, 1.807) is 19.9 Å². The molecule has 4 amide bonds. The van der Waals surface area contributed by atoms with Crippen molar-refractivity contribution in [3.63, 3.8) is 0 Å². The van der Waals surface area contributed by atoms with E-state index < -0.39 is 59.3 Å². The molecule has 242 valence electrons. The van der Waals surface area contributed by atoms with E-state index in [0.717, 1.165) is 18.9 Å². The lowest BCUT2D eigenvalue weighted by molar-refractivity contribution is -0.141. The van der Waals surface area contributed by atoms with Crippen molar-refractivity contribution >= 4 is 41.2 Å². The van der Waals surface area contributed by atoms with Crippen LogP contribution in [0.2, 0.25) is 5.02 Å². The Labute approximate surface area is 265 Å². The van der Waals surface area contributed by atoms with Gasteiger partial charge in [0.1, 0.15) is 6.04 Å². The summed E-state index contributed by atoms with van der Waals surface area (Å²) < 4.78 is 37.0. The molecule has 0 aromatic heterocycles. The van der Waals surface area contributed by atoms with Gasteiger partial charge in [0, 0.05) is 29.1 Å². The predicted molar refractivity (Wildman–Crippen MR) is 161 cm³/mol. The van der Waals surface area contributed by atoms with Gasteiger partial charge in [-0.1, -0.05) is 67.9 Å². The van der Waals surface area contributed by atoms with Crippen LogP contribution in [0, 0.1) is 11.8 Å². The monoisotopic (exact) mass is 646 g/mol. The fourth-order valence-corrected chi connectivity index (χ4v) is 5.30. The van der Waals surface area contributed by atoms with Crippen molar-refractivity contribution in [3.05, 3.63) is 70.7 Å². The molecule has 1 aliphatic heterocycles. The van der Waals surface area contributed by atoms with E-state index in [0.29, 0.717) is 13.0 Å². The van der Waals surface area contributed by atoms with Crippen molar-refractivity contribution < 1.29 is 37.5 Å². The van der Waals surface area contributed by atoms with Crippen molar-refractivity contribution in [2.45, 2.75) is 76.1 Å². The molecule has 13 heteroatoms. The van der Waals surface area contributed by atoms with Gasteiger partial charge in [-0.2, -0.15) is 8.78 Å². The van der Waals surface area contributed by atoms with Crippen LogP contribution in [0.5, 0.6) is 0 Å². The van der Waals surface area contributed by atoms with Crippen molar-refractivity contribution in [3.8, 4) is 0 Å². The molecule has 4 unspecified atom stereocenters. The second kappa shape index (κ2) is 14.8. The Balaban J connectivity index is 1.53. The third kappa shape index (κ3) is 9.23. The third-order valence-electron chi connectivity index (χ3n) is 7.63. The molecular weight excluding hydrogens is 610 g/mol. The highest BCUT2D eigenvalue weighted by molar-refractivity contribution is 6.38. The van der Waals surface area contributed by atoms with E-state index in [1.165, 1.54) is 42.5 Å². The molecule has 1 aliphatic carbocycles. The molecule has 2 aromatic rings. The minimum absolute atomic E-state index is 0.00432. The number of hydrogen-bond acceptors (Lipinski definition) is 6. The van der Waals surface area contributed by atoms with E-state index in [1.807, 2.05) is 0 Å². The number of Topliss-reactive ketones (excluding diaryl/α,β-unsaturated/α-hetero) is 1. The average Bonchev–Trinajstić information content (AvgIpc) is 3.73. The van der Waals surface area contributed by atoms with Gasteiger partial charge in [0.25, 0.3) is 5.91 Å². The van der Waals surface area contributed by atoms with E-state index in [9.17, 15) is 24.0 Å². The van der Waals surface area contributed by atoms with Crippen LogP contribution in [-0.2, 0) is 29.8 Å². The number of benzene rings is 2. The van der Waals surface area contributed by atoms with Gasteiger partial charge in [-0.3, -0.25) is 19.2 Å². The number of nitrogens with one attached hydrogen (secondary N) is 4. The van der Waals surface area contributed by atoms with Gasteiger partial charge in [-0.05, 0) is 55.7 Å². The van der Waals surface area contributed by atoms with Gasteiger partial charge >= 0.3 is 12.0 Å². The van der Waals surface area contributed by atoms with Crippen molar-refractivity contribution in [1.29, 1.82) is 0 Å². The van der Waals surface area contributed by atoms with Crippen LogP contribution < -0.4 is 21.3 Å². The first-order valence-corrected chi connectivity index (χ1v) is 15.3. The lowest BCUT2D eigenvalue weighted by Crippen LogP contribution is -2.55. The Morgan fingerprint density at radius 2 is 1.71 bits per heavy atom. The minimum atomic E-state index is -3.71. The molecule has 1 saturated carbocycles. The second-order valence-electron chi connectivity index (χ2n) is 11.8. The summed E-state index contributed by atoms with van der Waals surface area (Å²) >= 11 is 5.96. The number of alkyl carbamates (subject to hydrolysis) is 1. The molecular formula is C32H37ClF2N4O6. The molecule has 4 atom stereocenters. The molecule has 4 rings (SSSR count). The molecule has 0 radical (unpaired) electrons. The quantitative estimate of drug-likeness (QED) is 0.227. The number of ether oxygens (including phenoxy) is 1. The van der Waals surface area contributed by atoms with E-state index >= 15 is 8.78 Å². The highest BCUT2D eigenvalue weighted by atomic mass is 35.5. The summed E-state index contributed by atoms with van der Waals surface area (Å²) in [5.41, 5.74) is -0.473. The van der Waals surface area contributed by atoms with Gasteiger partial charge in [0.05, 0.1) is 6.04 Å². The summed E-state index contributed by atoms with van der Waals surface area (Å²) in [5, 5.41) is 10.2. The summed E-state index contributed by atoms with van der Waals surface area (Å²) in [6, 6.07) is 9.71. The molecule has 10 nitrogen and oxygen atoms in total. The number of halogens is 3. The maximum atomic E-state index is 15.9. The predicted octanol–water partition coefficient (Wildman–Crippen LogP) is 4.17. The summed E-state index contributed by atoms with van der Waals surface area (Å²) in [5.74, 6) is -7.38. The Morgan fingerprint density at radius 3 is 2.31 bits per heavy atom. The minimum Gasteiger partial charge on any atom is -0.434 e. The van der Waals surface area contributed by atoms with Crippen molar-refractivity contribution in [2.75, 3.05) is 6.54 Å². The molecule has 0 bridgehead atoms. The first-order chi connectivity index (χ1) is 21.3. The molecule has 1 heterocycles. The smallest absolute Gasteiger partial charge is 0.408 e. The number of ketones is 1. The van der Waals surface area contributed by atoms with Crippen LogP contribution >= 0.6 is 11.6 Å². The summed E-state index contributed by atoms with van der Waals surface area (Å²) in [4.78, 5) is 64.7. The maximum Gasteiger partial charge on any atom is 0.408 e. The number of carbonyl (C=O) groups is 5. The standard InChI is InChI=1S/C32H37ClF2N4O6/c1-18(2)15-25(29(42)38-24(16-20-13-14-36-28(20)41)26(40)30(43)37-23-11-12-23)39-31(44)45-27(19-7-4-3-5-8-19)32(34,35)21-9-6-10-22(33)17-21/h3-10,17-18,20,23-25,27H,11-16H2,1-2H3,(H,36,41)(H,37,43)(H,38,42)(H,39,44). The Bertz CT molecular complexity index is 1410. The molecule has 0 spiro atoms. The number of rotatable bonds is 14. The van der Waals surface area contributed by atoms with Crippen LogP contribution in [0.4, 0.5) is 13.6 Å². The zero-order chi connectivity index (χ0) is 32.7. The molecule has 1 saturated heterocycles. The summed E-state index contributed by atoms with van der Waals surface area (Å²) in [7, 11) is 0. The van der Waals surface area contributed by atoms with Crippen LogP contribution in [0.15, 0.2) is 54.6 Å². The molecule has 2 fully saturated rings. The molecule has 4 N–H and O–H groups in total. The number of hydrogen-bond donors (Lipinski definition) is 4. The van der Waals surface area contributed by atoms with E-state index in [4.69, 9.17) is 16.3 Å². The Morgan fingerprint density at radius 1 is 1.00 bits per heavy atom. The lowest BCUT2D eigenvalue weighted by atomic mass is 9.94. The Hall–Kier alpha value is -4.06. The van der Waals surface area contributed by atoms with Crippen molar-refractivity contribution in [1.82, 2.24) is 21.3 Å². The normalized spacial score (nSPS) is 18.4. The van der Waals surface area contributed by atoms with Crippen LogP contribution in [0.25, 0.3) is 0 Å². The van der Waals surface area contributed by atoms with Crippen LogP contribution in [0.3, 0.4) is 0 Å². The van der Waals surface area contributed by atoms with Gasteiger partial charge in [0.2, 0.25) is 17.6 Å². The van der Waals surface area contributed by atoms with Gasteiger partial charge in [0.15, 0.2) is 6.10 Å². The van der Waals surface area contributed by atoms with Gasteiger partial charge in [-0.25, -0.2) is 4.79 Å². The van der Waals surface area contributed by atoms with Crippen molar-refractivity contribution in [2.24, 2.45) is 11.8 Å². The van der Waals surface area contributed by atoms with Gasteiger partial charge < -0.3 is 26.0 Å². The zero-order valence-electron chi connectivity index (χ0n) is 25.0. The topological polar surface area (TPSA) is 143 Å². The number of amides is 4. The lowest BCUT2D eigenvalue weighted by Gasteiger charge is -2.29. The zero-order valence-corrected chi connectivity index (χ0v) is 25.7. The third-order valence-corrected chi connectivity index (χ3v) is 7.87. The van der Waals surface area contributed by atoms with Crippen LogP contribution in [-0.4, -0.2) is 54.3 Å². The fourth-order valence-electron chi connectivity index (χ4n) is 5.11. The highest BCUT2D eigenvalue weighted by Crippen LogP contribution is 2.43. The summed E-state index contributed by atoms with van der Waals surface area (Å²) in [6.07, 6.45) is -1.54. The first-order valence-electron chi connectivity index (χ1n) is 14.9. The van der Waals surface area contributed by atoms with Gasteiger partial charge in [-0.15, -0.1) is 0 Å². The number of carbonyl (C=O) groups excluding carboxylic acids is 5. The largest absolute Gasteiger partial charge is 0.434 e. The first kappa shape index (κ1) is 33.8. The molecule has 45 heavy (non-hydrogen) atoms. The number of alkyl halides is 2.